The van der Waals surface area contributed by atoms with Gasteiger partial charge in [-0.2, -0.15) is 4.98 Å². The van der Waals surface area contributed by atoms with Crippen molar-refractivity contribution in [3.8, 4) is 0 Å². The average Bonchev–Trinajstić information content (AvgIpc) is 3.00. The van der Waals surface area contributed by atoms with Gasteiger partial charge in [0.05, 0.1) is 19.3 Å². The highest BCUT2D eigenvalue weighted by molar-refractivity contribution is 7.51. The lowest BCUT2D eigenvalue weighted by Gasteiger charge is -2.27. The molecule has 0 radical (unpaired) electrons. The second-order valence-electron chi connectivity index (χ2n) is 8.25. The molecule has 13 heteroatoms. The zero-order valence-electron chi connectivity index (χ0n) is 19.0. The third kappa shape index (κ3) is 5.97. The van der Waals surface area contributed by atoms with Gasteiger partial charge < -0.3 is 20.7 Å². The number of nitrogen functional groups attached to an aromatic ring is 1. The number of nitrogens with one attached hydrogen (secondary N) is 1. The second-order valence-corrected chi connectivity index (χ2v) is 10.0. The van der Waals surface area contributed by atoms with Gasteiger partial charge in [0.1, 0.15) is 29.4 Å². The van der Waals surface area contributed by atoms with Crippen molar-refractivity contribution in [1.29, 1.82) is 0 Å². The van der Waals surface area contributed by atoms with E-state index in [1.165, 1.54) is 33.0 Å². The van der Waals surface area contributed by atoms with Crippen molar-refractivity contribution in [1.82, 2.24) is 14.6 Å². The number of nitrogens with zero attached hydrogens (tertiary/aromatic N) is 2. The van der Waals surface area contributed by atoms with E-state index in [0.29, 0.717) is 0 Å². The molecule has 34 heavy (non-hydrogen) atoms. The third-order valence-corrected chi connectivity index (χ3v) is 7.13. The van der Waals surface area contributed by atoms with E-state index >= 15 is 0 Å². The predicted molar refractivity (Wildman–Crippen MR) is 122 cm³/mol. The van der Waals surface area contributed by atoms with E-state index in [4.69, 9.17) is 19.5 Å². The molecule has 0 spiro atoms. The number of hydrogen-bond acceptors (Lipinski definition) is 10. The molecule has 1 saturated heterocycles. The molecule has 1 aromatic heterocycles. The van der Waals surface area contributed by atoms with Crippen molar-refractivity contribution in [2.45, 2.75) is 57.5 Å². The van der Waals surface area contributed by atoms with Gasteiger partial charge in [-0.15, -0.1) is 0 Å². The van der Waals surface area contributed by atoms with Gasteiger partial charge in [-0.25, -0.2) is 14.4 Å². The Labute approximate surface area is 196 Å². The van der Waals surface area contributed by atoms with Gasteiger partial charge in [-0.1, -0.05) is 30.3 Å². The van der Waals surface area contributed by atoms with Crippen molar-refractivity contribution in [2.24, 2.45) is 0 Å². The van der Waals surface area contributed by atoms with Crippen LogP contribution in [0.15, 0.2) is 47.4 Å². The standard InChI is InChI=1S/C21H29N4O8P/c1-13(14(2)26)24-34(30,31-11-15-7-5-4-6-8-15)32-12-16-18(27)21(3,29)19(33-16)25-10-9-17(22)23-20(25)28/h4-10,13,16,18-19,27,29H,11-12H2,1-3H3,(H,24,30)(H2,22,23,28)/t13-,16+,18+,19+,21+,34?/m0/s1. The van der Waals surface area contributed by atoms with Crippen molar-refractivity contribution >= 4 is 19.3 Å². The third-order valence-electron chi connectivity index (χ3n) is 5.47. The minimum Gasteiger partial charge on any atom is -0.387 e. The molecule has 1 aliphatic heterocycles. The van der Waals surface area contributed by atoms with Crippen LogP contribution < -0.4 is 16.5 Å². The van der Waals surface area contributed by atoms with E-state index < -0.39 is 50.1 Å². The fourth-order valence-corrected chi connectivity index (χ4v) is 4.87. The first-order valence-corrected chi connectivity index (χ1v) is 12.1. The summed E-state index contributed by atoms with van der Waals surface area (Å²) in [6.07, 6.45) is -2.74. The van der Waals surface area contributed by atoms with Gasteiger partial charge in [0.15, 0.2) is 6.23 Å². The number of nitrogens with two attached hydrogens (primary N) is 1. The molecule has 5 N–H and O–H groups in total. The van der Waals surface area contributed by atoms with Crippen LogP contribution in [0.5, 0.6) is 0 Å². The molecule has 12 nitrogen and oxygen atoms in total. The molecule has 6 atom stereocenters. The molecule has 186 valence electrons. The molecular weight excluding hydrogens is 467 g/mol. The molecule has 0 amide bonds. The number of ether oxygens (including phenoxy) is 1. The van der Waals surface area contributed by atoms with Crippen molar-refractivity contribution < 1.29 is 33.4 Å². The van der Waals surface area contributed by atoms with Crippen LogP contribution in [0.4, 0.5) is 5.82 Å². The Balaban J connectivity index is 1.76. The summed E-state index contributed by atoms with van der Waals surface area (Å²) in [6, 6.07) is 9.43. The number of aliphatic hydroxyl groups excluding tert-OH is 1. The molecule has 3 rings (SSSR count). The Hall–Kier alpha value is -2.44. The first kappa shape index (κ1) is 26.2. The van der Waals surface area contributed by atoms with Crippen LogP contribution in [-0.2, 0) is 29.8 Å². The lowest BCUT2D eigenvalue weighted by atomic mass is 9.96. The SMILES string of the molecule is CC(=O)[C@H](C)NP(=O)(OCc1ccccc1)OC[C@H]1O[C@@H](n2ccc(N)nc2=O)[C@](C)(O)[C@@H]1O. The molecule has 0 bridgehead atoms. The summed E-state index contributed by atoms with van der Waals surface area (Å²) in [6.45, 7) is 3.56. The number of benzene rings is 1. The first-order chi connectivity index (χ1) is 15.9. The topological polar surface area (TPSA) is 175 Å². The van der Waals surface area contributed by atoms with E-state index in [1.54, 1.807) is 24.3 Å². The summed E-state index contributed by atoms with van der Waals surface area (Å²) in [5.74, 6) is -0.302. The number of ketones is 1. The maximum absolute atomic E-state index is 13.4. The van der Waals surface area contributed by atoms with Gasteiger partial charge in [0.2, 0.25) is 0 Å². The van der Waals surface area contributed by atoms with Crippen LogP contribution in [0, 0.1) is 0 Å². The van der Waals surface area contributed by atoms with E-state index in [2.05, 4.69) is 10.1 Å². The number of anilines is 1. The van der Waals surface area contributed by atoms with Crippen molar-refractivity contribution in [2.75, 3.05) is 12.3 Å². The van der Waals surface area contributed by atoms with Crippen LogP contribution in [0.1, 0.15) is 32.6 Å². The molecule has 0 aliphatic carbocycles. The van der Waals surface area contributed by atoms with E-state index in [9.17, 15) is 24.4 Å². The first-order valence-electron chi connectivity index (χ1n) is 10.5. The zero-order chi connectivity index (χ0) is 25.1. The van der Waals surface area contributed by atoms with Gasteiger partial charge >= 0.3 is 13.4 Å². The quantitative estimate of drug-likeness (QED) is 0.341. The summed E-state index contributed by atoms with van der Waals surface area (Å²) in [5, 5.41) is 24.0. The molecule has 2 aromatic rings. The molecule has 0 saturated carbocycles. The minimum atomic E-state index is -4.06. The smallest absolute Gasteiger partial charge is 0.387 e. The minimum absolute atomic E-state index is 0.0125. The lowest BCUT2D eigenvalue weighted by molar-refractivity contribution is -0.118. The van der Waals surface area contributed by atoms with E-state index in [-0.39, 0.29) is 18.2 Å². The molecule has 2 heterocycles. The van der Waals surface area contributed by atoms with Crippen molar-refractivity contribution in [3.05, 3.63) is 58.6 Å². The van der Waals surface area contributed by atoms with Crippen LogP contribution in [0.2, 0.25) is 0 Å². The normalized spacial score (nSPS) is 27.3. The lowest BCUT2D eigenvalue weighted by Crippen LogP contribution is -2.46. The number of carbonyl (C=O) groups is 1. The zero-order valence-corrected chi connectivity index (χ0v) is 19.9. The maximum Gasteiger partial charge on any atom is 0.406 e. The van der Waals surface area contributed by atoms with Gasteiger partial charge in [0, 0.05) is 6.20 Å². The summed E-state index contributed by atoms with van der Waals surface area (Å²) in [4.78, 5) is 27.5. The maximum atomic E-state index is 13.4. The highest BCUT2D eigenvalue weighted by Crippen LogP contribution is 2.47. The summed E-state index contributed by atoms with van der Waals surface area (Å²) in [7, 11) is -4.06. The monoisotopic (exact) mass is 496 g/mol. The largest absolute Gasteiger partial charge is 0.406 e. The fraction of sp³-hybridized carbons (Fsp3) is 0.476. The van der Waals surface area contributed by atoms with Crippen LogP contribution in [0.25, 0.3) is 0 Å². The molecule has 1 unspecified atom stereocenters. The number of aromatic nitrogens is 2. The number of carbonyl (C=O) groups excluding carboxylic acids is 1. The summed E-state index contributed by atoms with van der Waals surface area (Å²) < 4.78 is 31.1. The molecule has 1 aliphatic rings. The Bertz CT molecular complexity index is 1110. The van der Waals surface area contributed by atoms with Crippen LogP contribution in [-0.4, -0.2) is 56.0 Å². The van der Waals surface area contributed by atoms with Gasteiger partial charge in [-0.3, -0.25) is 18.4 Å². The molecule has 1 fully saturated rings. The Morgan fingerprint density at radius 3 is 2.65 bits per heavy atom. The fourth-order valence-electron chi connectivity index (χ4n) is 3.33. The molecule has 1 aromatic carbocycles. The number of hydrogen-bond donors (Lipinski definition) is 4. The number of Topliss-reactive ketones (excluding diaryl/α,β-unsaturated/α-hetero) is 1. The summed E-state index contributed by atoms with van der Waals surface area (Å²) in [5.41, 5.74) is 3.53. The van der Waals surface area contributed by atoms with Gasteiger partial charge in [-0.05, 0) is 32.4 Å². The summed E-state index contributed by atoms with van der Waals surface area (Å²) >= 11 is 0. The molecular formula is C21H29N4O8P. The Morgan fingerprint density at radius 2 is 2.03 bits per heavy atom. The van der Waals surface area contributed by atoms with Crippen molar-refractivity contribution in [3.63, 3.8) is 0 Å². The van der Waals surface area contributed by atoms with E-state index in [1.807, 2.05) is 6.07 Å². The van der Waals surface area contributed by atoms with Crippen LogP contribution in [0.3, 0.4) is 0 Å². The highest BCUT2D eigenvalue weighted by atomic mass is 31.2. The number of rotatable bonds is 10. The second kappa shape index (κ2) is 10.4. The Kier molecular flexibility index (Phi) is 8.04. The van der Waals surface area contributed by atoms with Crippen LogP contribution >= 0.6 is 7.75 Å². The number of aliphatic hydroxyl groups is 2. The Morgan fingerprint density at radius 1 is 1.35 bits per heavy atom. The average molecular weight is 496 g/mol. The predicted octanol–water partition coefficient (Wildman–Crippen LogP) is 0.743. The van der Waals surface area contributed by atoms with Gasteiger partial charge in [0.25, 0.3) is 0 Å². The van der Waals surface area contributed by atoms with E-state index in [0.717, 1.165) is 10.1 Å². The highest BCUT2D eigenvalue weighted by Gasteiger charge is 2.54.